The van der Waals surface area contributed by atoms with Crippen LogP contribution in [0.15, 0.2) is 23.6 Å². The first-order chi connectivity index (χ1) is 10.6. The van der Waals surface area contributed by atoms with Crippen LogP contribution in [0, 0.1) is 0 Å². The van der Waals surface area contributed by atoms with E-state index in [2.05, 4.69) is 42.4 Å². The van der Waals surface area contributed by atoms with Crippen LogP contribution in [0.5, 0.6) is 0 Å². The molecule has 1 aromatic carbocycles. The Bertz CT molecular complexity index is 864. The van der Waals surface area contributed by atoms with Gasteiger partial charge in [-0.15, -0.1) is 11.3 Å². The molecule has 0 saturated heterocycles. The van der Waals surface area contributed by atoms with Gasteiger partial charge < -0.3 is 5.73 Å². The van der Waals surface area contributed by atoms with Crippen LogP contribution in [0.3, 0.4) is 0 Å². The first kappa shape index (κ1) is 13.7. The highest BCUT2D eigenvalue weighted by atomic mass is 32.1. The number of nitrogens with two attached hydrogens (primary N) is 1. The maximum Gasteiger partial charge on any atom is 0.180 e. The van der Waals surface area contributed by atoms with Crippen molar-refractivity contribution in [2.45, 2.75) is 39.0 Å². The van der Waals surface area contributed by atoms with Gasteiger partial charge in [0.15, 0.2) is 5.13 Å². The predicted octanol–water partition coefficient (Wildman–Crippen LogP) is 4.55. The van der Waals surface area contributed by atoms with Gasteiger partial charge in [0.2, 0.25) is 0 Å². The fraction of sp³-hybridized carbons (Fsp3) is 0.333. The monoisotopic (exact) mass is 309 g/mol. The Hall–Kier alpha value is -1.94. The Morgan fingerprint density at radius 2 is 2.05 bits per heavy atom. The number of pyridine rings is 1. The Morgan fingerprint density at radius 3 is 2.77 bits per heavy atom. The van der Waals surface area contributed by atoms with E-state index in [4.69, 9.17) is 10.7 Å². The van der Waals surface area contributed by atoms with E-state index in [-0.39, 0.29) is 0 Å². The second-order valence-corrected chi connectivity index (χ2v) is 7.16. The van der Waals surface area contributed by atoms with Gasteiger partial charge in [0, 0.05) is 22.0 Å². The van der Waals surface area contributed by atoms with E-state index < -0.39 is 0 Å². The molecule has 0 spiro atoms. The summed E-state index contributed by atoms with van der Waals surface area (Å²) >= 11 is 1.51. The number of hydrogen-bond donors (Lipinski definition) is 1. The number of nitrogen functional groups attached to an aromatic ring is 1. The largest absolute Gasteiger partial charge is 0.375 e. The number of rotatable bonds is 2. The van der Waals surface area contributed by atoms with Crippen LogP contribution >= 0.6 is 11.3 Å². The van der Waals surface area contributed by atoms with Crippen molar-refractivity contribution in [1.29, 1.82) is 0 Å². The van der Waals surface area contributed by atoms with Crippen molar-refractivity contribution >= 4 is 27.4 Å². The Kier molecular flexibility index (Phi) is 3.15. The highest BCUT2D eigenvalue weighted by Crippen LogP contribution is 2.38. The van der Waals surface area contributed by atoms with Crippen molar-refractivity contribution < 1.29 is 0 Å². The zero-order valence-corrected chi connectivity index (χ0v) is 13.7. The number of hydrogen-bond acceptors (Lipinski definition) is 4. The van der Waals surface area contributed by atoms with E-state index in [9.17, 15) is 0 Å². The minimum absolute atomic E-state index is 0.506. The number of nitrogens with zero attached hydrogens (tertiary/aromatic N) is 2. The zero-order valence-electron chi connectivity index (χ0n) is 12.9. The molecule has 3 nitrogen and oxygen atoms in total. The average Bonchev–Trinajstić information content (AvgIpc) is 3.12. The lowest BCUT2D eigenvalue weighted by molar-refractivity contribution is 0.868. The van der Waals surface area contributed by atoms with Crippen LogP contribution in [-0.4, -0.2) is 9.97 Å². The molecule has 0 radical (unpaired) electrons. The lowest BCUT2D eigenvalue weighted by Gasteiger charge is -2.13. The van der Waals surface area contributed by atoms with Crippen LogP contribution in [0.1, 0.15) is 43.0 Å². The Labute approximate surface area is 134 Å². The van der Waals surface area contributed by atoms with E-state index in [1.54, 1.807) is 0 Å². The van der Waals surface area contributed by atoms with Gasteiger partial charge in [-0.05, 0) is 48.4 Å². The predicted molar refractivity (Wildman–Crippen MR) is 93.4 cm³/mol. The summed E-state index contributed by atoms with van der Waals surface area (Å²) in [5.74, 6) is 0.506. The van der Waals surface area contributed by atoms with Crippen molar-refractivity contribution in [2.75, 3.05) is 5.73 Å². The molecule has 0 aliphatic heterocycles. The summed E-state index contributed by atoms with van der Waals surface area (Å²) in [4.78, 5) is 9.45. The molecule has 1 aliphatic carbocycles. The number of benzene rings is 1. The SMILES string of the molecule is CC(C)c1ccc2nc3c(c(-c4csc(N)n4)c2c1)CCC3. The van der Waals surface area contributed by atoms with Crippen molar-refractivity contribution in [3.8, 4) is 11.3 Å². The molecule has 2 N–H and O–H groups in total. The second kappa shape index (κ2) is 5.06. The van der Waals surface area contributed by atoms with Crippen molar-refractivity contribution in [1.82, 2.24) is 9.97 Å². The highest BCUT2D eigenvalue weighted by Gasteiger charge is 2.22. The van der Waals surface area contributed by atoms with E-state index >= 15 is 0 Å². The molecule has 0 unspecified atom stereocenters. The van der Waals surface area contributed by atoms with Crippen molar-refractivity contribution in [3.05, 3.63) is 40.4 Å². The van der Waals surface area contributed by atoms with Crippen molar-refractivity contribution in [3.63, 3.8) is 0 Å². The maximum absolute atomic E-state index is 5.88. The average molecular weight is 309 g/mol. The van der Waals surface area contributed by atoms with Crippen LogP contribution in [0.25, 0.3) is 22.2 Å². The summed E-state index contributed by atoms with van der Waals surface area (Å²) in [6, 6.07) is 6.64. The third-order valence-electron chi connectivity index (χ3n) is 4.48. The summed E-state index contributed by atoms with van der Waals surface area (Å²) in [5, 5.41) is 3.92. The van der Waals surface area contributed by atoms with E-state index in [1.165, 1.54) is 45.5 Å². The minimum atomic E-state index is 0.506. The van der Waals surface area contributed by atoms with Gasteiger partial charge in [-0.2, -0.15) is 0 Å². The molecule has 4 rings (SSSR count). The van der Waals surface area contributed by atoms with Crippen LogP contribution in [0.2, 0.25) is 0 Å². The number of thiazole rings is 1. The Morgan fingerprint density at radius 1 is 1.18 bits per heavy atom. The smallest absolute Gasteiger partial charge is 0.180 e. The molecular weight excluding hydrogens is 290 g/mol. The highest BCUT2D eigenvalue weighted by molar-refractivity contribution is 7.13. The van der Waals surface area contributed by atoms with Gasteiger partial charge in [0.1, 0.15) is 0 Å². The molecule has 4 heteroatoms. The van der Waals surface area contributed by atoms with Gasteiger partial charge in [-0.25, -0.2) is 4.98 Å². The maximum atomic E-state index is 5.88. The zero-order chi connectivity index (χ0) is 15.3. The summed E-state index contributed by atoms with van der Waals surface area (Å²) in [7, 11) is 0. The summed E-state index contributed by atoms with van der Waals surface area (Å²) in [6.45, 7) is 4.45. The molecular formula is C18H19N3S. The molecule has 1 aliphatic rings. The van der Waals surface area contributed by atoms with E-state index in [0.29, 0.717) is 11.0 Å². The molecule has 0 saturated carbocycles. The minimum Gasteiger partial charge on any atom is -0.375 e. The standard InChI is InChI=1S/C18H19N3S/c1-10(2)11-6-7-15-13(8-11)17(16-9-22-18(19)21-16)12-4-3-5-14(12)20-15/h6-10H,3-5H2,1-2H3,(H2,19,21). The number of anilines is 1. The summed E-state index contributed by atoms with van der Waals surface area (Å²) < 4.78 is 0. The first-order valence-electron chi connectivity index (χ1n) is 7.80. The lowest BCUT2D eigenvalue weighted by atomic mass is 9.95. The quantitative estimate of drug-likeness (QED) is 0.755. The van der Waals surface area contributed by atoms with Gasteiger partial charge in [-0.3, -0.25) is 4.98 Å². The van der Waals surface area contributed by atoms with Crippen molar-refractivity contribution in [2.24, 2.45) is 0 Å². The van der Waals surface area contributed by atoms with Crippen LogP contribution in [-0.2, 0) is 12.8 Å². The summed E-state index contributed by atoms with van der Waals surface area (Å²) in [6.07, 6.45) is 3.35. The van der Waals surface area contributed by atoms with Gasteiger partial charge in [0.05, 0.1) is 11.2 Å². The number of aryl methyl sites for hydroxylation is 1. The topological polar surface area (TPSA) is 51.8 Å². The fourth-order valence-corrected chi connectivity index (χ4v) is 3.89. The molecule has 0 bridgehead atoms. The molecule has 0 fully saturated rings. The Balaban J connectivity index is 2.07. The number of aromatic nitrogens is 2. The normalized spacial score (nSPS) is 14.0. The molecule has 3 aromatic rings. The second-order valence-electron chi connectivity index (χ2n) is 6.27. The third kappa shape index (κ3) is 2.10. The molecule has 0 amide bonds. The molecule has 2 heterocycles. The summed E-state index contributed by atoms with van der Waals surface area (Å²) in [5.41, 5.74) is 13.2. The molecule has 0 atom stereocenters. The van der Waals surface area contributed by atoms with E-state index in [0.717, 1.165) is 24.1 Å². The van der Waals surface area contributed by atoms with Crippen LogP contribution in [0.4, 0.5) is 5.13 Å². The molecule has 22 heavy (non-hydrogen) atoms. The third-order valence-corrected chi connectivity index (χ3v) is 5.15. The van der Waals surface area contributed by atoms with Gasteiger partial charge in [-0.1, -0.05) is 19.9 Å². The molecule has 112 valence electrons. The molecule has 2 aromatic heterocycles. The fourth-order valence-electron chi connectivity index (χ4n) is 3.33. The van der Waals surface area contributed by atoms with Crippen LogP contribution < -0.4 is 5.73 Å². The van der Waals surface area contributed by atoms with Gasteiger partial charge in [0.25, 0.3) is 0 Å². The number of fused-ring (bicyclic) bond motifs is 2. The first-order valence-corrected chi connectivity index (χ1v) is 8.68. The van der Waals surface area contributed by atoms with E-state index in [1.807, 2.05) is 0 Å². The lowest BCUT2D eigenvalue weighted by Crippen LogP contribution is -1.97. The van der Waals surface area contributed by atoms with Gasteiger partial charge >= 0.3 is 0 Å².